The van der Waals surface area contributed by atoms with Crippen LogP contribution in [0.2, 0.25) is 0 Å². The highest BCUT2D eigenvalue weighted by atomic mass is 79.9. The fourth-order valence-electron chi connectivity index (χ4n) is 1.91. The Labute approximate surface area is 131 Å². The Bertz CT molecular complexity index is 525. The van der Waals surface area contributed by atoms with Crippen LogP contribution in [0.1, 0.15) is 27.1 Å². The maximum atomic E-state index is 3.82. The Morgan fingerprint density at radius 3 is 2.18 bits per heavy atom. The summed E-state index contributed by atoms with van der Waals surface area (Å²) >= 11 is 12.7. The molecule has 0 radical (unpaired) electrons. The van der Waals surface area contributed by atoms with Gasteiger partial charge in [0.15, 0.2) is 0 Å². The Morgan fingerprint density at radius 1 is 1.12 bits per heavy atom. The van der Waals surface area contributed by atoms with Crippen molar-refractivity contribution < 1.29 is 0 Å². The molecule has 0 amide bonds. The minimum atomic E-state index is 0.237. The monoisotopic (exact) mass is 436 g/mol. The topological polar surface area (TPSA) is 0 Å². The first-order valence-electron chi connectivity index (χ1n) is 5.15. The van der Waals surface area contributed by atoms with Gasteiger partial charge in [-0.2, -0.15) is 0 Å². The van der Waals surface area contributed by atoms with Crippen molar-refractivity contribution in [2.75, 3.05) is 0 Å². The third kappa shape index (κ3) is 2.86. The van der Waals surface area contributed by atoms with Crippen molar-refractivity contribution in [1.29, 1.82) is 0 Å². The quantitative estimate of drug-likeness (QED) is 0.477. The highest BCUT2D eigenvalue weighted by Gasteiger charge is 2.19. The SMILES string of the molecule is Cc1cccc(C)c1C(Br)c1cc(Br)sc1Br. The van der Waals surface area contributed by atoms with Crippen LogP contribution in [0.3, 0.4) is 0 Å². The molecular weight excluding hydrogens is 428 g/mol. The summed E-state index contributed by atoms with van der Waals surface area (Å²) < 4.78 is 2.32. The summed E-state index contributed by atoms with van der Waals surface area (Å²) in [6.45, 7) is 4.32. The fourth-order valence-corrected chi connectivity index (χ4v) is 6.35. The van der Waals surface area contributed by atoms with Gasteiger partial charge in [0.25, 0.3) is 0 Å². The van der Waals surface area contributed by atoms with Crippen LogP contribution in [0.15, 0.2) is 31.8 Å². The number of thiophene rings is 1. The van der Waals surface area contributed by atoms with E-state index in [9.17, 15) is 0 Å². The lowest BCUT2D eigenvalue weighted by Crippen LogP contribution is -1.98. The van der Waals surface area contributed by atoms with E-state index >= 15 is 0 Å². The first kappa shape index (κ1) is 13.8. The maximum Gasteiger partial charge on any atom is 0.0757 e. The van der Waals surface area contributed by atoms with Crippen LogP contribution in [-0.2, 0) is 0 Å². The van der Waals surface area contributed by atoms with E-state index in [-0.39, 0.29) is 4.83 Å². The molecule has 0 nitrogen and oxygen atoms in total. The van der Waals surface area contributed by atoms with E-state index in [2.05, 4.69) is 85.9 Å². The summed E-state index contributed by atoms with van der Waals surface area (Å²) in [6.07, 6.45) is 0. The Kier molecular flexibility index (Phi) is 4.50. The van der Waals surface area contributed by atoms with Crippen molar-refractivity contribution in [3.63, 3.8) is 0 Å². The number of halogens is 3. The first-order valence-corrected chi connectivity index (χ1v) is 8.47. The van der Waals surface area contributed by atoms with Crippen LogP contribution in [0.4, 0.5) is 0 Å². The largest absolute Gasteiger partial charge is 0.121 e. The first-order chi connectivity index (χ1) is 8.00. The molecule has 90 valence electrons. The van der Waals surface area contributed by atoms with E-state index in [4.69, 9.17) is 0 Å². The van der Waals surface area contributed by atoms with E-state index in [1.807, 2.05) is 0 Å². The molecule has 0 saturated heterocycles. The Hall–Kier alpha value is 0.360. The normalized spacial score (nSPS) is 12.8. The second-order valence-corrected chi connectivity index (χ2v) is 8.61. The number of alkyl halides is 1. The summed E-state index contributed by atoms with van der Waals surface area (Å²) in [5, 5.41) is 0. The minimum absolute atomic E-state index is 0.237. The van der Waals surface area contributed by atoms with Gasteiger partial charge in [0, 0.05) is 0 Å². The van der Waals surface area contributed by atoms with Gasteiger partial charge in [0.2, 0.25) is 0 Å². The summed E-state index contributed by atoms with van der Waals surface area (Å²) in [5.74, 6) is 0. The molecule has 1 unspecified atom stereocenters. The number of hydrogen-bond donors (Lipinski definition) is 0. The van der Waals surface area contributed by atoms with Crippen LogP contribution >= 0.6 is 59.1 Å². The summed E-state index contributed by atoms with van der Waals surface area (Å²) in [5.41, 5.74) is 5.28. The van der Waals surface area contributed by atoms with Gasteiger partial charge in [0.1, 0.15) is 0 Å². The number of rotatable bonds is 2. The number of aryl methyl sites for hydroxylation is 2. The predicted molar refractivity (Wildman–Crippen MR) is 86.4 cm³/mol. The van der Waals surface area contributed by atoms with Gasteiger partial charge in [-0.15, -0.1) is 11.3 Å². The molecule has 2 rings (SSSR count). The molecule has 0 aliphatic heterocycles. The second kappa shape index (κ2) is 5.55. The summed E-state index contributed by atoms with van der Waals surface area (Å²) in [4.78, 5) is 0.237. The molecule has 0 aliphatic rings. The van der Waals surface area contributed by atoms with E-state index in [1.165, 1.54) is 26.0 Å². The number of benzene rings is 1. The lowest BCUT2D eigenvalue weighted by Gasteiger charge is -2.15. The van der Waals surface area contributed by atoms with Crippen molar-refractivity contribution in [3.8, 4) is 0 Å². The van der Waals surface area contributed by atoms with Crippen LogP contribution in [0, 0.1) is 13.8 Å². The molecule has 0 fully saturated rings. The summed E-state index contributed by atoms with van der Waals surface area (Å²) in [6, 6.07) is 8.59. The molecule has 1 atom stereocenters. The van der Waals surface area contributed by atoms with Crippen LogP contribution in [0.25, 0.3) is 0 Å². The van der Waals surface area contributed by atoms with Gasteiger partial charge in [0.05, 0.1) is 12.4 Å². The van der Waals surface area contributed by atoms with Gasteiger partial charge in [-0.3, -0.25) is 0 Å². The highest BCUT2D eigenvalue weighted by Crippen LogP contribution is 2.43. The molecule has 4 heteroatoms. The zero-order chi connectivity index (χ0) is 12.6. The maximum absolute atomic E-state index is 3.82. The molecule has 0 saturated carbocycles. The fraction of sp³-hybridized carbons (Fsp3) is 0.231. The van der Waals surface area contributed by atoms with Gasteiger partial charge < -0.3 is 0 Å². The molecule has 1 aromatic heterocycles. The summed E-state index contributed by atoms with van der Waals surface area (Å²) in [7, 11) is 0. The molecule has 0 bridgehead atoms. The van der Waals surface area contributed by atoms with Gasteiger partial charge >= 0.3 is 0 Å². The zero-order valence-corrected chi connectivity index (χ0v) is 15.0. The molecule has 2 aromatic rings. The molecule has 0 spiro atoms. The van der Waals surface area contributed by atoms with Crippen molar-refractivity contribution in [2.45, 2.75) is 18.7 Å². The zero-order valence-electron chi connectivity index (χ0n) is 9.43. The van der Waals surface area contributed by atoms with E-state index < -0.39 is 0 Å². The minimum Gasteiger partial charge on any atom is -0.121 e. The van der Waals surface area contributed by atoms with Gasteiger partial charge in [-0.05, 0) is 74.0 Å². The predicted octanol–water partition coefficient (Wildman–Crippen LogP) is 6.37. The average Bonchev–Trinajstić information content (AvgIpc) is 2.57. The van der Waals surface area contributed by atoms with E-state index in [1.54, 1.807) is 11.3 Å². The van der Waals surface area contributed by atoms with Crippen molar-refractivity contribution >= 4 is 59.1 Å². The van der Waals surface area contributed by atoms with Crippen LogP contribution in [0.5, 0.6) is 0 Å². The third-order valence-electron chi connectivity index (χ3n) is 2.75. The molecule has 0 N–H and O–H groups in total. The van der Waals surface area contributed by atoms with E-state index in [0.29, 0.717) is 0 Å². The smallest absolute Gasteiger partial charge is 0.0757 e. The van der Waals surface area contributed by atoms with Gasteiger partial charge in [-0.25, -0.2) is 0 Å². The lowest BCUT2D eigenvalue weighted by molar-refractivity contribution is 1.11. The molecule has 1 aromatic carbocycles. The third-order valence-corrected chi connectivity index (χ3v) is 6.09. The van der Waals surface area contributed by atoms with Crippen molar-refractivity contribution in [3.05, 3.63) is 54.1 Å². The van der Waals surface area contributed by atoms with Crippen molar-refractivity contribution in [1.82, 2.24) is 0 Å². The molecule has 0 aliphatic carbocycles. The average molecular weight is 439 g/mol. The van der Waals surface area contributed by atoms with Crippen LogP contribution < -0.4 is 0 Å². The Morgan fingerprint density at radius 2 is 1.71 bits per heavy atom. The molecule has 1 heterocycles. The standard InChI is InChI=1S/C13H11Br3S/c1-7-4-3-5-8(2)11(7)12(15)9-6-10(14)17-13(9)16/h3-6,12H,1-2H3. The molecular formula is C13H11Br3S. The van der Waals surface area contributed by atoms with E-state index in [0.717, 1.165) is 3.79 Å². The molecule has 17 heavy (non-hydrogen) atoms. The second-order valence-electron chi connectivity index (χ2n) is 3.95. The van der Waals surface area contributed by atoms with Crippen LogP contribution in [-0.4, -0.2) is 0 Å². The number of hydrogen-bond acceptors (Lipinski definition) is 1. The van der Waals surface area contributed by atoms with Gasteiger partial charge in [-0.1, -0.05) is 34.1 Å². The lowest BCUT2D eigenvalue weighted by atomic mass is 9.97. The van der Waals surface area contributed by atoms with Crippen molar-refractivity contribution in [2.24, 2.45) is 0 Å². The Balaban J connectivity index is 2.51. The highest BCUT2D eigenvalue weighted by molar-refractivity contribution is 9.12.